The van der Waals surface area contributed by atoms with E-state index in [-0.39, 0.29) is 6.10 Å². The van der Waals surface area contributed by atoms with Gasteiger partial charge >= 0.3 is 0 Å². The first-order chi connectivity index (χ1) is 7.69. The monoisotopic (exact) mass is 237 g/mol. The third kappa shape index (κ3) is 2.78. The average molecular weight is 237 g/mol. The van der Waals surface area contributed by atoms with Crippen molar-refractivity contribution in [2.45, 2.75) is 42.8 Å². The molecule has 1 saturated carbocycles. The molecule has 16 heavy (non-hydrogen) atoms. The molecule has 1 unspecified atom stereocenters. The Hall–Kier alpha value is -0.510. The summed E-state index contributed by atoms with van der Waals surface area (Å²) in [6.45, 7) is 2.18. The Bertz CT molecular complexity index is 332. The summed E-state index contributed by atoms with van der Waals surface area (Å²) in [7, 11) is 0. The highest BCUT2D eigenvalue weighted by Crippen LogP contribution is 2.24. The van der Waals surface area contributed by atoms with Gasteiger partial charge in [0.2, 0.25) is 0 Å². The molecule has 0 aliphatic heterocycles. The zero-order valence-corrected chi connectivity index (χ0v) is 10.6. The quantitative estimate of drug-likeness (QED) is 0.789. The fraction of sp³-hybridized carbons (Fsp3) is 0.538. The molecule has 2 nitrogen and oxygen atoms in total. The van der Waals surface area contributed by atoms with Crippen LogP contribution in [0.3, 0.4) is 0 Å². The highest BCUT2D eigenvalue weighted by atomic mass is 32.2. The largest absolute Gasteiger partial charge is 0.393 e. The SMILES string of the molecule is CSc1ccc(C(C)NC2CC(O)C2)cc1. The minimum atomic E-state index is -0.0800. The molecule has 2 N–H and O–H groups in total. The van der Waals surface area contributed by atoms with Gasteiger partial charge in [-0.1, -0.05) is 12.1 Å². The second kappa shape index (κ2) is 5.21. The van der Waals surface area contributed by atoms with Crippen LogP contribution in [-0.4, -0.2) is 23.5 Å². The molecule has 1 aliphatic carbocycles. The van der Waals surface area contributed by atoms with Crippen molar-refractivity contribution in [3.8, 4) is 0 Å². The predicted molar refractivity (Wildman–Crippen MR) is 68.8 cm³/mol. The number of nitrogens with one attached hydrogen (secondary N) is 1. The van der Waals surface area contributed by atoms with Crippen molar-refractivity contribution in [1.82, 2.24) is 5.32 Å². The molecule has 1 aromatic rings. The van der Waals surface area contributed by atoms with Crippen LogP contribution >= 0.6 is 11.8 Å². The van der Waals surface area contributed by atoms with Gasteiger partial charge in [0.1, 0.15) is 0 Å². The molecule has 0 spiro atoms. The van der Waals surface area contributed by atoms with Gasteiger partial charge < -0.3 is 10.4 Å². The molecular weight excluding hydrogens is 218 g/mol. The van der Waals surface area contributed by atoms with Crippen molar-refractivity contribution >= 4 is 11.8 Å². The zero-order chi connectivity index (χ0) is 11.5. The fourth-order valence-electron chi connectivity index (χ4n) is 2.07. The minimum absolute atomic E-state index is 0.0800. The normalized spacial score (nSPS) is 26.2. The first-order valence-electron chi connectivity index (χ1n) is 5.77. The molecule has 3 heteroatoms. The van der Waals surface area contributed by atoms with Crippen LogP contribution in [0.1, 0.15) is 31.4 Å². The summed E-state index contributed by atoms with van der Waals surface area (Å²) in [6, 6.07) is 9.54. The van der Waals surface area contributed by atoms with Crippen LogP contribution in [-0.2, 0) is 0 Å². The first-order valence-corrected chi connectivity index (χ1v) is 6.99. The molecule has 0 amide bonds. The fourth-order valence-corrected chi connectivity index (χ4v) is 2.47. The molecule has 0 radical (unpaired) electrons. The van der Waals surface area contributed by atoms with E-state index in [1.807, 2.05) is 0 Å². The Labute approximate surface area is 101 Å². The van der Waals surface area contributed by atoms with E-state index in [2.05, 4.69) is 42.8 Å². The Morgan fingerprint density at radius 1 is 1.31 bits per heavy atom. The second-order valence-corrected chi connectivity index (χ2v) is 5.36. The maximum Gasteiger partial charge on any atom is 0.0570 e. The summed E-state index contributed by atoms with van der Waals surface area (Å²) >= 11 is 1.77. The molecule has 88 valence electrons. The number of hydrogen-bond donors (Lipinski definition) is 2. The van der Waals surface area contributed by atoms with Crippen molar-refractivity contribution < 1.29 is 5.11 Å². The van der Waals surface area contributed by atoms with Gasteiger partial charge in [-0.3, -0.25) is 0 Å². The van der Waals surface area contributed by atoms with Gasteiger partial charge in [0.15, 0.2) is 0 Å². The predicted octanol–water partition coefficient (Wildman–Crippen LogP) is 2.58. The maximum atomic E-state index is 9.23. The summed E-state index contributed by atoms with van der Waals surface area (Å²) in [4.78, 5) is 1.30. The summed E-state index contributed by atoms with van der Waals surface area (Å²) in [5, 5.41) is 12.8. The van der Waals surface area contributed by atoms with E-state index >= 15 is 0 Å². The van der Waals surface area contributed by atoms with E-state index in [4.69, 9.17) is 0 Å². The number of benzene rings is 1. The lowest BCUT2D eigenvalue weighted by molar-refractivity contribution is 0.0586. The third-order valence-corrected chi connectivity index (χ3v) is 3.96. The van der Waals surface area contributed by atoms with Gasteiger partial charge in [-0.25, -0.2) is 0 Å². The molecule has 0 bridgehead atoms. The average Bonchev–Trinajstić information content (AvgIpc) is 2.27. The molecule has 0 saturated heterocycles. The molecule has 1 aliphatic rings. The summed E-state index contributed by atoms with van der Waals surface area (Å²) in [5.74, 6) is 0. The van der Waals surface area contributed by atoms with E-state index in [9.17, 15) is 5.11 Å². The Morgan fingerprint density at radius 3 is 2.44 bits per heavy atom. The number of thioether (sulfide) groups is 1. The first kappa shape index (κ1) is 12.0. The van der Waals surface area contributed by atoms with Crippen LogP contribution in [0.5, 0.6) is 0 Å². The minimum Gasteiger partial charge on any atom is -0.393 e. The van der Waals surface area contributed by atoms with E-state index in [1.54, 1.807) is 11.8 Å². The number of aliphatic hydroxyl groups excluding tert-OH is 1. The smallest absolute Gasteiger partial charge is 0.0570 e. The van der Waals surface area contributed by atoms with Crippen LogP contribution in [0.2, 0.25) is 0 Å². The topological polar surface area (TPSA) is 32.3 Å². The van der Waals surface area contributed by atoms with E-state index in [1.165, 1.54) is 10.5 Å². The standard InChI is InChI=1S/C13H19NOS/c1-9(14-11-7-12(15)8-11)10-3-5-13(16-2)6-4-10/h3-6,9,11-12,14-15H,7-8H2,1-2H3. The maximum absolute atomic E-state index is 9.23. The second-order valence-electron chi connectivity index (χ2n) is 4.48. The van der Waals surface area contributed by atoms with Crippen LogP contribution in [0.15, 0.2) is 29.2 Å². The molecule has 0 heterocycles. The molecule has 2 rings (SSSR count). The Balaban J connectivity index is 1.90. The molecular formula is C13H19NOS. The number of rotatable bonds is 4. The molecule has 1 atom stereocenters. The van der Waals surface area contributed by atoms with Crippen LogP contribution in [0, 0.1) is 0 Å². The van der Waals surface area contributed by atoms with Gasteiger partial charge in [-0.2, -0.15) is 0 Å². The van der Waals surface area contributed by atoms with Crippen molar-refractivity contribution in [2.24, 2.45) is 0 Å². The number of hydrogen-bond acceptors (Lipinski definition) is 3. The van der Waals surface area contributed by atoms with Crippen molar-refractivity contribution in [1.29, 1.82) is 0 Å². The highest BCUT2D eigenvalue weighted by Gasteiger charge is 2.27. The molecule has 1 aromatic carbocycles. The van der Waals surface area contributed by atoms with Crippen molar-refractivity contribution in [2.75, 3.05) is 6.26 Å². The lowest BCUT2D eigenvalue weighted by Gasteiger charge is -2.34. The van der Waals surface area contributed by atoms with Crippen LogP contribution in [0.4, 0.5) is 0 Å². The Morgan fingerprint density at radius 2 is 1.94 bits per heavy atom. The molecule has 0 aromatic heterocycles. The van der Waals surface area contributed by atoms with Gasteiger partial charge in [-0.05, 0) is 43.7 Å². The zero-order valence-electron chi connectivity index (χ0n) is 9.81. The summed E-state index contributed by atoms with van der Waals surface area (Å²) < 4.78 is 0. The summed E-state index contributed by atoms with van der Waals surface area (Å²) in [5.41, 5.74) is 1.32. The lowest BCUT2D eigenvalue weighted by atomic mass is 9.88. The van der Waals surface area contributed by atoms with E-state index in [0.29, 0.717) is 12.1 Å². The summed E-state index contributed by atoms with van der Waals surface area (Å²) in [6.07, 6.45) is 3.80. The molecule has 1 fully saturated rings. The van der Waals surface area contributed by atoms with Crippen LogP contribution in [0.25, 0.3) is 0 Å². The van der Waals surface area contributed by atoms with E-state index in [0.717, 1.165) is 12.8 Å². The lowest BCUT2D eigenvalue weighted by Crippen LogP contribution is -2.44. The van der Waals surface area contributed by atoms with Gasteiger partial charge in [0.05, 0.1) is 6.10 Å². The highest BCUT2D eigenvalue weighted by molar-refractivity contribution is 7.98. The van der Waals surface area contributed by atoms with Gasteiger partial charge in [0.25, 0.3) is 0 Å². The van der Waals surface area contributed by atoms with Crippen molar-refractivity contribution in [3.63, 3.8) is 0 Å². The van der Waals surface area contributed by atoms with Crippen LogP contribution < -0.4 is 5.32 Å². The third-order valence-electron chi connectivity index (χ3n) is 3.21. The van der Waals surface area contributed by atoms with Gasteiger partial charge in [0, 0.05) is 17.0 Å². The van der Waals surface area contributed by atoms with Gasteiger partial charge in [-0.15, -0.1) is 11.8 Å². The van der Waals surface area contributed by atoms with Crippen molar-refractivity contribution in [3.05, 3.63) is 29.8 Å². The Kier molecular flexibility index (Phi) is 3.90. The van der Waals surface area contributed by atoms with E-state index < -0.39 is 0 Å². The number of aliphatic hydroxyl groups is 1.